The highest BCUT2D eigenvalue weighted by atomic mass is 32.3. The standard InChI is InChI=1S/C20H28N8O10S2/c1-20(2)15(17(30)28(20)38-40(33,34)35)24-16(29)14(12-10-39-19(22)23-12)25-37-13(18(31)32)9-36-11-7-26(3)27(8-11)6-4-5-21/h7-8,10,13,15H,4-6,9,21H2,1-3H3,(H4-,22,23,24,29,31,32,33,34,35)/p+1. The number of carbonyl (C=O) groups is 3. The number of nitrogens with two attached hydrogens (primary N) is 2. The molecule has 3 rings (SSSR count). The van der Waals surface area contributed by atoms with Gasteiger partial charge in [0.05, 0.1) is 12.1 Å². The minimum Gasteiger partial charge on any atom is -0.481 e. The van der Waals surface area contributed by atoms with Gasteiger partial charge in [0.15, 0.2) is 17.9 Å². The molecule has 0 aliphatic carbocycles. The largest absolute Gasteiger partial charge is 0.481 e. The number of hydrogen-bond donors (Lipinski definition) is 5. The first-order valence-electron chi connectivity index (χ1n) is 11.5. The van der Waals surface area contributed by atoms with E-state index in [1.165, 1.54) is 19.2 Å². The van der Waals surface area contributed by atoms with Crippen LogP contribution in [0, 0.1) is 0 Å². The summed E-state index contributed by atoms with van der Waals surface area (Å²) in [7, 11) is -3.23. The number of hydroxylamine groups is 2. The molecule has 0 radical (unpaired) electrons. The zero-order chi connectivity index (χ0) is 29.8. The van der Waals surface area contributed by atoms with Gasteiger partial charge in [-0.25, -0.2) is 9.78 Å². The summed E-state index contributed by atoms with van der Waals surface area (Å²) in [5, 5.41) is 17.4. The first kappa shape index (κ1) is 30.7. The molecule has 20 heteroatoms. The number of ether oxygens (including phenoxy) is 1. The lowest BCUT2D eigenvalue weighted by Gasteiger charge is -2.50. The van der Waals surface area contributed by atoms with Crippen molar-refractivity contribution < 1.29 is 51.0 Å². The van der Waals surface area contributed by atoms with Gasteiger partial charge in [0.2, 0.25) is 11.9 Å². The highest BCUT2D eigenvalue weighted by Gasteiger charge is 2.58. The molecule has 2 unspecified atom stereocenters. The fourth-order valence-corrected chi connectivity index (χ4v) is 4.54. The van der Waals surface area contributed by atoms with Gasteiger partial charge in [-0.3, -0.25) is 14.1 Å². The molecule has 0 bridgehead atoms. The Morgan fingerprint density at radius 1 is 1.40 bits per heavy atom. The zero-order valence-corrected chi connectivity index (χ0v) is 23.2. The average molecular weight is 606 g/mol. The molecule has 220 valence electrons. The maximum absolute atomic E-state index is 13.1. The molecule has 2 atom stereocenters. The van der Waals surface area contributed by atoms with E-state index in [2.05, 4.69) is 19.7 Å². The van der Waals surface area contributed by atoms with Crippen molar-refractivity contribution in [3.05, 3.63) is 23.5 Å². The van der Waals surface area contributed by atoms with Crippen LogP contribution in [-0.2, 0) is 47.5 Å². The third-order valence-electron chi connectivity index (χ3n) is 5.64. The number of amides is 2. The number of rotatable bonds is 14. The Hall–Kier alpha value is -3.85. The van der Waals surface area contributed by atoms with Crippen LogP contribution in [0.4, 0.5) is 5.13 Å². The fourth-order valence-electron chi connectivity index (χ4n) is 3.53. The number of nitrogens with one attached hydrogen (secondary N) is 1. The van der Waals surface area contributed by atoms with Gasteiger partial charge in [0.1, 0.15) is 24.5 Å². The Balaban J connectivity index is 1.75. The molecule has 1 aliphatic rings. The normalized spacial score (nSPS) is 17.7. The van der Waals surface area contributed by atoms with Gasteiger partial charge in [0, 0.05) is 5.38 Å². The number of thiazole rings is 1. The van der Waals surface area contributed by atoms with Crippen molar-refractivity contribution in [2.24, 2.45) is 17.9 Å². The number of aliphatic carboxylic acids is 1. The predicted molar refractivity (Wildman–Crippen MR) is 136 cm³/mol. The van der Waals surface area contributed by atoms with Gasteiger partial charge in [-0.05, 0) is 26.8 Å². The summed E-state index contributed by atoms with van der Waals surface area (Å²) in [5.74, 6) is -3.10. The van der Waals surface area contributed by atoms with Crippen molar-refractivity contribution in [2.45, 2.75) is 44.5 Å². The molecule has 2 aromatic rings. The van der Waals surface area contributed by atoms with E-state index in [4.69, 9.17) is 25.6 Å². The second-order valence-corrected chi connectivity index (χ2v) is 10.9. The number of nitrogens with zero attached hydrogens (tertiary/aromatic N) is 5. The number of oxime groups is 1. The molecule has 40 heavy (non-hydrogen) atoms. The molecule has 7 N–H and O–H groups in total. The smallest absolute Gasteiger partial charge is 0.418 e. The first-order valence-corrected chi connectivity index (χ1v) is 13.8. The Kier molecular flexibility index (Phi) is 9.30. The third-order valence-corrected chi connectivity index (χ3v) is 6.65. The number of carboxylic acid groups (broad SMARTS) is 1. The average Bonchev–Trinajstić information content (AvgIpc) is 3.45. The summed E-state index contributed by atoms with van der Waals surface area (Å²) in [5.41, 5.74) is 9.18. The van der Waals surface area contributed by atoms with E-state index in [1.807, 2.05) is 4.68 Å². The minimum atomic E-state index is -5.00. The molecule has 1 saturated heterocycles. The van der Waals surface area contributed by atoms with Crippen LogP contribution >= 0.6 is 11.3 Å². The Morgan fingerprint density at radius 2 is 2.10 bits per heavy atom. The predicted octanol–water partition coefficient (Wildman–Crippen LogP) is -2.21. The Labute approximate surface area is 232 Å². The summed E-state index contributed by atoms with van der Waals surface area (Å²) in [6.45, 7) is 3.35. The number of carboxylic acids is 1. The molecule has 2 aromatic heterocycles. The lowest BCUT2D eigenvalue weighted by molar-refractivity contribution is -0.753. The van der Waals surface area contributed by atoms with Crippen LogP contribution in [0.25, 0.3) is 0 Å². The Morgan fingerprint density at radius 3 is 2.65 bits per heavy atom. The number of hydrogen-bond acceptors (Lipinski definition) is 13. The maximum Gasteiger partial charge on any atom is 0.418 e. The van der Waals surface area contributed by atoms with Gasteiger partial charge in [0.25, 0.3) is 17.9 Å². The summed E-state index contributed by atoms with van der Waals surface area (Å²) in [4.78, 5) is 46.4. The number of aryl methyl sites for hydroxylation is 2. The lowest BCUT2D eigenvalue weighted by atomic mass is 9.84. The molecule has 18 nitrogen and oxygen atoms in total. The molecule has 1 fully saturated rings. The number of nitrogen functional groups attached to an aromatic ring is 1. The van der Waals surface area contributed by atoms with E-state index >= 15 is 0 Å². The molecule has 3 heterocycles. The second-order valence-electron chi connectivity index (χ2n) is 8.99. The molecule has 2 amide bonds. The molecular formula is C20H29N8O10S2+. The number of carbonyl (C=O) groups excluding carboxylic acids is 2. The first-order chi connectivity index (χ1) is 18.6. The highest BCUT2D eigenvalue weighted by molar-refractivity contribution is 7.80. The van der Waals surface area contributed by atoms with Gasteiger partial charge < -0.3 is 31.5 Å². The van der Waals surface area contributed by atoms with Crippen LogP contribution < -0.4 is 26.2 Å². The van der Waals surface area contributed by atoms with Crippen molar-refractivity contribution in [1.82, 2.24) is 20.0 Å². The molecule has 0 aromatic carbocycles. The summed E-state index contributed by atoms with van der Waals surface area (Å²) >= 11 is 0.960. The highest BCUT2D eigenvalue weighted by Crippen LogP contribution is 2.33. The van der Waals surface area contributed by atoms with E-state index in [-0.39, 0.29) is 10.8 Å². The monoisotopic (exact) mass is 605 g/mol. The van der Waals surface area contributed by atoms with Crippen LogP contribution in [0.3, 0.4) is 0 Å². The number of β-lactam (4-membered cyclic amide) rings is 1. The fraction of sp³-hybridized carbons (Fsp3) is 0.500. The quantitative estimate of drug-likeness (QED) is 0.0504. The Bertz CT molecular complexity index is 1400. The van der Waals surface area contributed by atoms with Crippen LogP contribution in [0.2, 0.25) is 0 Å². The number of aromatic nitrogens is 3. The van der Waals surface area contributed by atoms with Crippen molar-refractivity contribution in [3.8, 4) is 5.75 Å². The summed E-state index contributed by atoms with van der Waals surface area (Å²) in [6, 6.07) is -1.31. The summed E-state index contributed by atoms with van der Waals surface area (Å²) in [6.07, 6.45) is 2.35. The van der Waals surface area contributed by atoms with Crippen molar-refractivity contribution >= 4 is 50.4 Å². The van der Waals surface area contributed by atoms with Gasteiger partial charge in [-0.2, -0.15) is 18.2 Å². The van der Waals surface area contributed by atoms with Gasteiger partial charge >= 0.3 is 16.4 Å². The lowest BCUT2D eigenvalue weighted by Crippen LogP contribution is -2.76. The van der Waals surface area contributed by atoms with Crippen molar-refractivity contribution in [2.75, 3.05) is 18.9 Å². The van der Waals surface area contributed by atoms with Gasteiger partial charge in [-0.1, -0.05) is 5.16 Å². The van der Waals surface area contributed by atoms with E-state index in [9.17, 15) is 27.9 Å². The van der Waals surface area contributed by atoms with Crippen LogP contribution in [0.15, 0.2) is 22.9 Å². The molecule has 0 saturated carbocycles. The second kappa shape index (κ2) is 12.1. The van der Waals surface area contributed by atoms with E-state index in [0.29, 0.717) is 23.9 Å². The van der Waals surface area contributed by atoms with Crippen molar-refractivity contribution in [3.63, 3.8) is 0 Å². The topological polar surface area (TPSA) is 255 Å². The minimum absolute atomic E-state index is 0.0633. The maximum atomic E-state index is 13.1. The van der Waals surface area contributed by atoms with Crippen LogP contribution in [0.1, 0.15) is 26.0 Å². The van der Waals surface area contributed by atoms with Crippen molar-refractivity contribution in [1.29, 1.82) is 0 Å². The molecule has 1 aliphatic heterocycles. The molecular weight excluding hydrogens is 576 g/mol. The van der Waals surface area contributed by atoms with Crippen LogP contribution in [0.5, 0.6) is 5.75 Å². The SMILES string of the molecule is C[n+]1cc(OCC(ON=C(C(=O)NC2C(=O)N(OS(=O)(=O)O)C2(C)C)c2csc(N)n2)C(=O)O)cn1CCCN. The zero-order valence-electron chi connectivity index (χ0n) is 21.6. The number of anilines is 1. The summed E-state index contributed by atoms with van der Waals surface area (Å²) < 4.78 is 44.3. The van der Waals surface area contributed by atoms with E-state index < -0.39 is 58.2 Å². The van der Waals surface area contributed by atoms with E-state index in [1.54, 1.807) is 24.1 Å². The van der Waals surface area contributed by atoms with Crippen LogP contribution in [-0.4, -0.2) is 87.1 Å². The van der Waals surface area contributed by atoms with E-state index in [0.717, 1.165) is 17.8 Å². The third kappa shape index (κ3) is 7.21. The van der Waals surface area contributed by atoms with Gasteiger partial charge in [-0.15, -0.1) is 20.3 Å². The molecule has 0 spiro atoms.